The molecule has 3 rings (SSSR count). The maximum absolute atomic E-state index is 14.1. The molecule has 0 radical (unpaired) electrons. The van der Waals surface area contributed by atoms with E-state index in [9.17, 15) is 17.6 Å². The van der Waals surface area contributed by atoms with Gasteiger partial charge in [0.1, 0.15) is 17.3 Å². The van der Waals surface area contributed by atoms with Crippen LogP contribution in [0, 0.1) is 11.6 Å². The first-order chi connectivity index (χ1) is 15.0. The van der Waals surface area contributed by atoms with Crippen molar-refractivity contribution >= 4 is 15.9 Å². The molecule has 0 aromatic heterocycles. The first-order valence-corrected chi connectivity index (χ1v) is 10.5. The first-order valence-electron chi connectivity index (χ1n) is 9.68. The summed E-state index contributed by atoms with van der Waals surface area (Å²) < 4.78 is 68.7. The van der Waals surface area contributed by atoms with E-state index in [1.54, 1.807) is 18.2 Å². The lowest BCUT2D eigenvalue weighted by Gasteiger charge is -2.25. The Morgan fingerprint density at radius 2 is 1.47 bits per heavy atom. The Labute approximate surface area is 192 Å². The third kappa shape index (κ3) is 6.97. The topological polar surface area (TPSA) is 27.7 Å². The van der Waals surface area contributed by atoms with Crippen LogP contribution in [-0.4, -0.2) is 11.6 Å². The van der Waals surface area contributed by atoms with E-state index in [-0.39, 0.29) is 18.1 Å². The molecule has 0 atom stereocenters. The number of rotatable bonds is 9. The third-order valence-electron chi connectivity index (χ3n) is 4.64. The van der Waals surface area contributed by atoms with Gasteiger partial charge < -0.3 is 14.2 Å². The molecular weight excluding hydrogens is 492 g/mol. The monoisotopic (exact) mass is 512 g/mol. The van der Waals surface area contributed by atoms with E-state index >= 15 is 0 Å². The van der Waals surface area contributed by atoms with Gasteiger partial charge in [0.05, 0.1) is 13.2 Å². The van der Waals surface area contributed by atoms with Crippen molar-refractivity contribution in [2.75, 3.05) is 6.61 Å². The SMILES string of the molecule is CC(C)(COCc1ccc(F)c(Oc2ccc(F)cc2)c1)c1ccc(OC(F)(F)Br)cc1. The van der Waals surface area contributed by atoms with Crippen molar-refractivity contribution in [3.8, 4) is 17.2 Å². The van der Waals surface area contributed by atoms with Crippen LogP contribution >= 0.6 is 15.9 Å². The number of benzene rings is 3. The highest BCUT2D eigenvalue weighted by atomic mass is 79.9. The molecule has 3 aromatic carbocycles. The molecule has 0 saturated carbocycles. The summed E-state index contributed by atoms with van der Waals surface area (Å²) in [6.45, 7) is 4.44. The van der Waals surface area contributed by atoms with Crippen LogP contribution in [0.5, 0.6) is 17.2 Å². The predicted octanol–water partition coefficient (Wildman–Crippen LogP) is 7.58. The summed E-state index contributed by atoms with van der Waals surface area (Å²) >= 11 is 2.14. The van der Waals surface area contributed by atoms with Gasteiger partial charge in [-0.15, -0.1) is 0 Å². The van der Waals surface area contributed by atoms with Gasteiger partial charge in [-0.2, -0.15) is 8.78 Å². The van der Waals surface area contributed by atoms with Gasteiger partial charge in [0, 0.05) is 21.3 Å². The number of halogens is 5. The van der Waals surface area contributed by atoms with E-state index in [1.807, 2.05) is 13.8 Å². The average molecular weight is 513 g/mol. The zero-order valence-corrected chi connectivity index (χ0v) is 19.0. The third-order valence-corrected chi connectivity index (χ3v) is 4.80. The molecule has 0 N–H and O–H groups in total. The summed E-state index contributed by atoms with van der Waals surface area (Å²) in [7, 11) is 0. The van der Waals surface area contributed by atoms with Gasteiger partial charge in [-0.05, 0) is 59.7 Å². The first kappa shape index (κ1) is 24.1. The normalized spacial score (nSPS) is 12.0. The zero-order valence-electron chi connectivity index (χ0n) is 17.4. The maximum atomic E-state index is 14.1. The van der Waals surface area contributed by atoms with Crippen molar-refractivity contribution < 1.29 is 31.8 Å². The predicted molar refractivity (Wildman–Crippen MR) is 117 cm³/mol. The van der Waals surface area contributed by atoms with Crippen LogP contribution in [-0.2, 0) is 16.8 Å². The van der Waals surface area contributed by atoms with Crippen LogP contribution in [0.1, 0.15) is 25.0 Å². The molecular formula is C24H21BrF4O3. The molecule has 0 spiro atoms. The molecule has 32 heavy (non-hydrogen) atoms. The smallest absolute Gasteiger partial charge is 0.454 e. The second-order valence-corrected chi connectivity index (χ2v) is 8.69. The van der Waals surface area contributed by atoms with Crippen molar-refractivity contribution in [2.24, 2.45) is 0 Å². The van der Waals surface area contributed by atoms with Gasteiger partial charge in [0.25, 0.3) is 0 Å². The second-order valence-electron chi connectivity index (χ2n) is 7.77. The molecule has 3 aromatic rings. The lowest BCUT2D eigenvalue weighted by Crippen LogP contribution is -2.24. The Kier molecular flexibility index (Phi) is 7.46. The van der Waals surface area contributed by atoms with E-state index < -0.39 is 22.1 Å². The van der Waals surface area contributed by atoms with Crippen LogP contribution in [0.3, 0.4) is 0 Å². The molecule has 0 aliphatic rings. The number of hydrogen-bond acceptors (Lipinski definition) is 3. The van der Waals surface area contributed by atoms with E-state index in [2.05, 4.69) is 20.7 Å². The van der Waals surface area contributed by atoms with Gasteiger partial charge >= 0.3 is 5.02 Å². The molecule has 170 valence electrons. The van der Waals surface area contributed by atoms with Gasteiger partial charge in [0.2, 0.25) is 0 Å². The molecule has 0 fully saturated rings. The quantitative estimate of drug-likeness (QED) is 0.218. The summed E-state index contributed by atoms with van der Waals surface area (Å²) in [6.07, 6.45) is 0. The average Bonchev–Trinajstić information content (AvgIpc) is 2.71. The molecule has 8 heteroatoms. The summed E-state index contributed by atoms with van der Waals surface area (Å²) in [6, 6.07) is 16.0. The minimum absolute atomic E-state index is 0.0103. The number of alkyl halides is 3. The maximum Gasteiger partial charge on any atom is 0.459 e. The fourth-order valence-electron chi connectivity index (χ4n) is 2.96. The molecule has 0 bridgehead atoms. The van der Waals surface area contributed by atoms with Crippen LogP contribution < -0.4 is 9.47 Å². The minimum Gasteiger partial charge on any atom is -0.454 e. The molecule has 0 heterocycles. The molecule has 0 amide bonds. The van der Waals surface area contributed by atoms with Crippen molar-refractivity contribution in [3.05, 3.63) is 89.5 Å². The highest BCUT2D eigenvalue weighted by Gasteiger charge is 2.27. The molecule has 0 aliphatic carbocycles. The fourth-order valence-corrected chi connectivity index (χ4v) is 3.15. The number of hydrogen-bond donors (Lipinski definition) is 0. The molecule has 3 nitrogen and oxygen atoms in total. The van der Waals surface area contributed by atoms with Crippen molar-refractivity contribution in [1.82, 2.24) is 0 Å². The van der Waals surface area contributed by atoms with Gasteiger partial charge in [-0.25, -0.2) is 8.78 Å². The van der Waals surface area contributed by atoms with Crippen LogP contribution in [0.4, 0.5) is 17.6 Å². The second kappa shape index (κ2) is 9.92. The van der Waals surface area contributed by atoms with E-state index in [0.29, 0.717) is 17.9 Å². The van der Waals surface area contributed by atoms with Gasteiger partial charge in [-0.1, -0.05) is 32.0 Å². The summed E-state index contributed by atoms with van der Waals surface area (Å²) in [5.41, 5.74) is 1.16. The Morgan fingerprint density at radius 1 is 0.844 bits per heavy atom. The van der Waals surface area contributed by atoms with Crippen LogP contribution in [0.15, 0.2) is 66.7 Å². The summed E-state index contributed by atoms with van der Waals surface area (Å²) in [5.74, 6) is -0.598. The molecule has 0 saturated heterocycles. The van der Waals surface area contributed by atoms with Crippen molar-refractivity contribution in [1.29, 1.82) is 0 Å². The molecule has 0 aliphatic heterocycles. The Hall–Kier alpha value is -2.58. The highest BCUT2D eigenvalue weighted by molar-refractivity contribution is 9.09. The Bertz CT molecular complexity index is 1030. The highest BCUT2D eigenvalue weighted by Crippen LogP contribution is 2.31. The van der Waals surface area contributed by atoms with Crippen molar-refractivity contribution in [2.45, 2.75) is 30.9 Å². The fraction of sp³-hybridized carbons (Fsp3) is 0.250. The van der Waals surface area contributed by atoms with Gasteiger partial charge in [0.15, 0.2) is 11.6 Å². The van der Waals surface area contributed by atoms with E-state index in [1.165, 1.54) is 48.5 Å². The lowest BCUT2D eigenvalue weighted by atomic mass is 9.85. The largest absolute Gasteiger partial charge is 0.459 e. The minimum atomic E-state index is -3.43. The van der Waals surface area contributed by atoms with Crippen LogP contribution in [0.25, 0.3) is 0 Å². The van der Waals surface area contributed by atoms with Crippen molar-refractivity contribution in [3.63, 3.8) is 0 Å². The zero-order chi connectivity index (χ0) is 23.4. The van der Waals surface area contributed by atoms with Crippen LogP contribution in [0.2, 0.25) is 0 Å². The lowest BCUT2D eigenvalue weighted by molar-refractivity contribution is -0.0803. The Balaban J connectivity index is 1.59. The van der Waals surface area contributed by atoms with Gasteiger partial charge in [-0.3, -0.25) is 0 Å². The Morgan fingerprint density at radius 3 is 2.09 bits per heavy atom. The van der Waals surface area contributed by atoms with E-state index in [0.717, 1.165) is 5.56 Å². The van der Waals surface area contributed by atoms with E-state index in [4.69, 9.17) is 9.47 Å². The molecule has 0 unspecified atom stereocenters. The summed E-state index contributed by atoms with van der Waals surface area (Å²) in [5, 5.41) is -3.43. The number of ether oxygens (including phenoxy) is 3. The summed E-state index contributed by atoms with van der Waals surface area (Å²) in [4.78, 5) is 0. The standard InChI is InChI=1S/C24H21BrF4O3/c1-23(2,17-4-8-20(9-5-17)32-24(25,28)29)15-30-14-16-3-12-21(27)22(13-16)31-19-10-6-18(26)7-11-19/h3-13H,14-15H2,1-2H3.